The number of fused-ring (bicyclic) bond motifs is 3. The largest absolute Gasteiger partial charge is 0.354 e. The number of imidazole rings is 1. The maximum absolute atomic E-state index is 12.7. The number of nitriles is 1. The standard InChI is InChI=1S/C23H28N6O/c1-4-26(5-2)16-22(30)28-12-10-27(11-13-28)21-14-17(3)18(15-24)23-25-19-8-6-7-9-20(19)29(21)23/h6-9,14H,4-5,10-13,16H2,1-3H3. The van der Waals surface area contributed by atoms with Crippen molar-refractivity contribution in [1.29, 1.82) is 5.26 Å². The summed E-state index contributed by atoms with van der Waals surface area (Å²) in [5.41, 5.74) is 4.12. The lowest BCUT2D eigenvalue weighted by Crippen LogP contribution is -2.51. The third kappa shape index (κ3) is 3.48. The molecule has 1 aliphatic rings. The molecule has 7 heteroatoms. The molecule has 0 bridgehead atoms. The lowest BCUT2D eigenvalue weighted by atomic mass is 10.1. The van der Waals surface area contributed by atoms with E-state index in [9.17, 15) is 10.1 Å². The van der Waals surface area contributed by atoms with Crippen LogP contribution in [0.3, 0.4) is 0 Å². The first-order valence-corrected chi connectivity index (χ1v) is 10.6. The Labute approximate surface area is 177 Å². The summed E-state index contributed by atoms with van der Waals surface area (Å²) < 4.78 is 2.09. The molecule has 3 heterocycles. The number of pyridine rings is 1. The highest BCUT2D eigenvalue weighted by Gasteiger charge is 2.25. The third-order valence-electron chi connectivity index (χ3n) is 6.07. The molecular weight excluding hydrogens is 376 g/mol. The summed E-state index contributed by atoms with van der Waals surface area (Å²) in [6, 6.07) is 12.4. The predicted octanol–water partition coefficient (Wildman–Crippen LogP) is 2.66. The van der Waals surface area contributed by atoms with Gasteiger partial charge >= 0.3 is 0 Å². The maximum Gasteiger partial charge on any atom is 0.236 e. The van der Waals surface area contributed by atoms with Gasteiger partial charge in [0.05, 0.1) is 23.1 Å². The first-order valence-electron chi connectivity index (χ1n) is 10.6. The summed E-state index contributed by atoms with van der Waals surface area (Å²) in [5.74, 6) is 1.23. The molecule has 156 valence electrons. The lowest BCUT2D eigenvalue weighted by molar-refractivity contribution is -0.132. The molecule has 0 saturated carbocycles. The zero-order valence-electron chi connectivity index (χ0n) is 17.9. The van der Waals surface area contributed by atoms with E-state index in [0.29, 0.717) is 30.8 Å². The van der Waals surface area contributed by atoms with Crippen LogP contribution in [0.25, 0.3) is 16.7 Å². The normalized spacial score (nSPS) is 14.6. The number of carbonyl (C=O) groups excluding carboxylic acids is 1. The van der Waals surface area contributed by atoms with Crippen molar-refractivity contribution in [1.82, 2.24) is 19.2 Å². The molecular formula is C23H28N6O. The Bertz CT molecular complexity index is 1120. The van der Waals surface area contributed by atoms with Crippen molar-refractivity contribution >= 4 is 28.4 Å². The molecule has 4 rings (SSSR count). The van der Waals surface area contributed by atoms with Crippen molar-refractivity contribution in [3.8, 4) is 6.07 Å². The van der Waals surface area contributed by atoms with Gasteiger partial charge in [-0.25, -0.2) is 4.98 Å². The Morgan fingerprint density at radius 1 is 1.17 bits per heavy atom. The molecule has 1 amide bonds. The van der Waals surface area contributed by atoms with E-state index < -0.39 is 0 Å². The zero-order valence-corrected chi connectivity index (χ0v) is 17.9. The first kappa shape index (κ1) is 20.2. The number of amides is 1. The number of likely N-dealkylation sites (N-methyl/N-ethyl adjacent to an activating group) is 1. The van der Waals surface area contributed by atoms with E-state index in [1.807, 2.05) is 36.1 Å². The molecule has 0 radical (unpaired) electrons. The number of nitrogens with zero attached hydrogens (tertiary/aromatic N) is 6. The van der Waals surface area contributed by atoms with Crippen molar-refractivity contribution < 1.29 is 4.79 Å². The molecule has 1 aromatic carbocycles. The van der Waals surface area contributed by atoms with Crippen LogP contribution in [0.1, 0.15) is 25.0 Å². The second kappa shape index (κ2) is 8.33. The number of aryl methyl sites for hydroxylation is 1. The molecule has 2 aromatic heterocycles. The summed E-state index contributed by atoms with van der Waals surface area (Å²) in [6.07, 6.45) is 0. The molecule has 1 fully saturated rings. The maximum atomic E-state index is 12.7. The number of anilines is 1. The van der Waals surface area contributed by atoms with Gasteiger partial charge in [0.15, 0.2) is 5.65 Å². The highest BCUT2D eigenvalue weighted by Crippen LogP contribution is 2.29. The number of para-hydroxylation sites is 2. The molecule has 0 atom stereocenters. The van der Waals surface area contributed by atoms with Gasteiger partial charge in [-0.3, -0.25) is 14.1 Å². The van der Waals surface area contributed by atoms with Gasteiger partial charge in [0.1, 0.15) is 11.9 Å². The summed E-state index contributed by atoms with van der Waals surface area (Å²) in [4.78, 5) is 23.8. The van der Waals surface area contributed by atoms with E-state index in [1.165, 1.54) is 0 Å². The minimum Gasteiger partial charge on any atom is -0.354 e. The quantitative estimate of drug-likeness (QED) is 0.654. The highest BCUT2D eigenvalue weighted by atomic mass is 16.2. The minimum absolute atomic E-state index is 0.201. The first-order chi connectivity index (χ1) is 14.6. The summed E-state index contributed by atoms with van der Waals surface area (Å²) >= 11 is 0. The van der Waals surface area contributed by atoms with Crippen LogP contribution < -0.4 is 4.90 Å². The van der Waals surface area contributed by atoms with Crippen molar-refractivity contribution in [2.45, 2.75) is 20.8 Å². The highest BCUT2D eigenvalue weighted by molar-refractivity contribution is 5.85. The third-order valence-corrected chi connectivity index (χ3v) is 6.07. The van der Waals surface area contributed by atoms with Gasteiger partial charge in [-0.1, -0.05) is 26.0 Å². The van der Waals surface area contributed by atoms with Gasteiger partial charge in [-0.2, -0.15) is 5.26 Å². The van der Waals surface area contributed by atoms with Crippen molar-refractivity contribution in [3.05, 3.63) is 41.5 Å². The van der Waals surface area contributed by atoms with Gasteiger partial charge in [-0.15, -0.1) is 0 Å². The van der Waals surface area contributed by atoms with E-state index in [4.69, 9.17) is 4.98 Å². The van der Waals surface area contributed by atoms with Gasteiger partial charge in [-0.05, 0) is 43.8 Å². The molecule has 1 aliphatic heterocycles. The second-order valence-electron chi connectivity index (χ2n) is 7.76. The fraction of sp³-hybridized carbons (Fsp3) is 0.435. The van der Waals surface area contributed by atoms with E-state index in [-0.39, 0.29) is 5.91 Å². The molecule has 1 saturated heterocycles. The van der Waals surface area contributed by atoms with Gasteiger partial charge in [0, 0.05) is 26.2 Å². The van der Waals surface area contributed by atoms with Gasteiger partial charge < -0.3 is 9.80 Å². The number of rotatable bonds is 5. The number of benzene rings is 1. The van der Waals surface area contributed by atoms with Crippen LogP contribution in [0, 0.1) is 18.3 Å². The molecule has 30 heavy (non-hydrogen) atoms. The second-order valence-corrected chi connectivity index (χ2v) is 7.76. The van der Waals surface area contributed by atoms with Crippen molar-refractivity contribution in [3.63, 3.8) is 0 Å². The minimum atomic E-state index is 0.201. The Balaban J connectivity index is 1.64. The van der Waals surface area contributed by atoms with E-state index in [1.54, 1.807) is 0 Å². The van der Waals surface area contributed by atoms with Crippen LogP contribution in [0.5, 0.6) is 0 Å². The molecule has 0 spiro atoms. The monoisotopic (exact) mass is 404 g/mol. The fourth-order valence-electron chi connectivity index (χ4n) is 4.23. The molecule has 3 aromatic rings. The topological polar surface area (TPSA) is 67.9 Å². The predicted molar refractivity (Wildman–Crippen MR) is 119 cm³/mol. The van der Waals surface area contributed by atoms with E-state index in [0.717, 1.165) is 48.6 Å². The van der Waals surface area contributed by atoms with Crippen LogP contribution in [0.4, 0.5) is 5.82 Å². The average molecular weight is 405 g/mol. The number of aromatic nitrogens is 2. The lowest BCUT2D eigenvalue weighted by Gasteiger charge is -2.37. The Morgan fingerprint density at radius 2 is 1.87 bits per heavy atom. The molecule has 7 nitrogen and oxygen atoms in total. The SMILES string of the molecule is CCN(CC)CC(=O)N1CCN(c2cc(C)c(C#N)c3nc4ccccc4n23)CC1. The van der Waals surface area contributed by atoms with Crippen molar-refractivity contribution in [2.24, 2.45) is 0 Å². The van der Waals surface area contributed by atoms with Crippen molar-refractivity contribution in [2.75, 3.05) is 50.7 Å². The van der Waals surface area contributed by atoms with Crippen LogP contribution in [0.2, 0.25) is 0 Å². The van der Waals surface area contributed by atoms with E-state index in [2.05, 4.69) is 40.2 Å². The summed E-state index contributed by atoms with van der Waals surface area (Å²) in [6.45, 7) is 11.3. The Morgan fingerprint density at radius 3 is 2.53 bits per heavy atom. The molecule has 0 unspecified atom stereocenters. The van der Waals surface area contributed by atoms with Gasteiger partial charge in [0.2, 0.25) is 5.91 Å². The zero-order chi connectivity index (χ0) is 21.3. The smallest absolute Gasteiger partial charge is 0.236 e. The number of carbonyl (C=O) groups is 1. The van der Waals surface area contributed by atoms with Crippen LogP contribution in [-0.4, -0.2) is 70.9 Å². The number of hydrogen-bond donors (Lipinski definition) is 0. The average Bonchev–Trinajstić information content (AvgIpc) is 3.16. The van der Waals surface area contributed by atoms with E-state index >= 15 is 0 Å². The van der Waals surface area contributed by atoms with Crippen LogP contribution >= 0.6 is 0 Å². The van der Waals surface area contributed by atoms with Crippen LogP contribution in [0.15, 0.2) is 30.3 Å². The molecule has 0 aliphatic carbocycles. The summed E-state index contributed by atoms with van der Waals surface area (Å²) in [7, 11) is 0. The number of piperazine rings is 1. The summed E-state index contributed by atoms with van der Waals surface area (Å²) in [5, 5.41) is 9.69. The molecule has 0 N–H and O–H groups in total. The number of hydrogen-bond acceptors (Lipinski definition) is 5. The van der Waals surface area contributed by atoms with Gasteiger partial charge in [0.25, 0.3) is 0 Å². The Kier molecular flexibility index (Phi) is 5.60. The van der Waals surface area contributed by atoms with Crippen LogP contribution in [-0.2, 0) is 4.79 Å². The Hall–Kier alpha value is -3.11. The fourth-order valence-corrected chi connectivity index (χ4v) is 4.23.